The van der Waals surface area contributed by atoms with Crippen LogP contribution in [0.3, 0.4) is 0 Å². The van der Waals surface area contributed by atoms with Crippen LogP contribution >= 0.6 is 23.2 Å². The Labute approximate surface area is 136 Å². The predicted octanol–water partition coefficient (Wildman–Crippen LogP) is 3.79. The number of sulfone groups is 1. The summed E-state index contributed by atoms with van der Waals surface area (Å²) in [5.74, 6) is -1.39. The molecule has 0 aliphatic rings. The molecule has 2 aromatic rings. The molecule has 0 aliphatic carbocycles. The molecule has 22 heavy (non-hydrogen) atoms. The van der Waals surface area contributed by atoms with Crippen LogP contribution in [0.25, 0.3) is 0 Å². The topological polar surface area (TPSA) is 63.2 Å². The highest BCUT2D eigenvalue weighted by molar-refractivity contribution is 7.90. The van der Waals surface area contributed by atoms with Gasteiger partial charge in [-0.15, -0.1) is 0 Å². The zero-order valence-corrected chi connectivity index (χ0v) is 13.6. The van der Waals surface area contributed by atoms with E-state index in [1.54, 1.807) is 0 Å². The second-order valence-corrected chi connectivity index (χ2v) is 7.33. The summed E-state index contributed by atoms with van der Waals surface area (Å²) in [4.78, 5) is 12.0. The summed E-state index contributed by atoms with van der Waals surface area (Å²) in [5, 5.41) is 2.77. The number of halogens is 3. The van der Waals surface area contributed by atoms with Crippen molar-refractivity contribution in [3.8, 4) is 0 Å². The summed E-state index contributed by atoms with van der Waals surface area (Å²) >= 11 is 11.6. The first-order valence-corrected chi connectivity index (χ1v) is 8.59. The lowest BCUT2D eigenvalue weighted by Crippen LogP contribution is -2.13. The highest BCUT2D eigenvalue weighted by Gasteiger charge is 2.14. The molecule has 0 spiro atoms. The summed E-state index contributed by atoms with van der Waals surface area (Å²) in [7, 11) is -3.51. The molecule has 0 unspecified atom stereocenters. The second kappa shape index (κ2) is 6.24. The van der Waals surface area contributed by atoms with E-state index < -0.39 is 21.6 Å². The van der Waals surface area contributed by atoms with Crippen LogP contribution in [0.1, 0.15) is 10.4 Å². The van der Waals surface area contributed by atoms with E-state index in [2.05, 4.69) is 5.32 Å². The number of anilines is 1. The van der Waals surface area contributed by atoms with Gasteiger partial charge in [-0.1, -0.05) is 23.2 Å². The van der Waals surface area contributed by atoms with Gasteiger partial charge < -0.3 is 5.32 Å². The van der Waals surface area contributed by atoms with Gasteiger partial charge in [-0.3, -0.25) is 4.79 Å². The Morgan fingerprint density at radius 3 is 2.36 bits per heavy atom. The number of carbonyl (C=O) groups is 1. The molecule has 8 heteroatoms. The van der Waals surface area contributed by atoms with Gasteiger partial charge in [-0.25, -0.2) is 12.8 Å². The monoisotopic (exact) mass is 361 g/mol. The highest BCUT2D eigenvalue weighted by atomic mass is 35.5. The summed E-state index contributed by atoms with van der Waals surface area (Å²) in [6, 6.07) is 7.34. The first-order chi connectivity index (χ1) is 10.2. The molecule has 116 valence electrons. The van der Waals surface area contributed by atoms with Crippen LogP contribution in [0.15, 0.2) is 41.3 Å². The number of nitrogens with one attached hydrogen (secondary N) is 1. The average molecular weight is 362 g/mol. The van der Waals surface area contributed by atoms with Gasteiger partial charge in [0, 0.05) is 11.8 Å². The molecule has 2 rings (SSSR count). The van der Waals surface area contributed by atoms with Gasteiger partial charge in [0.1, 0.15) is 5.82 Å². The second-order valence-electron chi connectivity index (χ2n) is 4.50. The Bertz CT molecular complexity index is 853. The molecule has 1 N–H and O–H groups in total. The van der Waals surface area contributed by atoms with E-state index in [-0.39, 0.29) is 26.2 Å². The van der Waals surface area contributed by atoms with Crippen LogP contribution in [-0.4, -0.2) is 20.6 Å². The van der Waals surface area contributed by atoms with Crippen molar-refractivity contribution in [1.82, 2.24) is 0 Å². The first kappa shape index (κ1) is 16.7. The molecule has 2 aromatic carbocycles. The molecular formula is C14H10Cl2FNO3S. The van der Waals surface area contributed by atoms with Crippen molar-refractivity contribution in [1.29, 1.82) is 0 Å². The van der Waals surface area contributed by atoms with Crippen molar-refractivity contribution in [2.75, 3.05) is 11.6 Å². The van der Waals surface area contributed by atoms with Crippen LogP contribution in [0.2, 0.25) is 10.0 Å². The molecule has 0 heterocycles. The molecule has 0 radical (unpaired) electrons. The molecule has 0 atom stereocenters. The molecule has 1 amide bonds. The smallest absolute Gasteiger partial charge is 0.255 e. The standard InChI is InChI=1S/C14H10Cl2FNO3S/c1-22(20,21)9-3-5-12(17)13(7-9)18-14(19)8-2-4-10(15)11(16)6-8/h2-7H,1H3,(H,18,19). The number of amides is 1. The van der Waals surface area contributed by atoms with E-state index in [9.17, 15) is 17.6 Å². The molecule has 0 bridgehead atoms. The van der Waals surface area contributed by atoms with E-state index in [1.165, 1.54) is 18.2 Å². The Balaban J connectivity index is 2.33. The fraction of sp³-hybridized carbons (Fsp3) is 0.0714. The minimum atomic E-state index is -3.51. The third kappa shape index (κ3) is 3.76. The summed E-state index contributed by atoms with van der Waals surface area (Å²) in [5.41, 5.74) is -0.0717. The van der Waals surface area contributed by atoms with E-state index >= 15 is 0 Å². The van der Waals surface area contributed by atoms with Crippen molar-refractivity contribution in [2.24, 2.45) is 0 Å². The number of rotatable bonds is 3. The summed E-state index contributed by atoms with van der Waals surface area (Å²) < 4.78 is 36.7. The van der Waals surface area contributed by atoms with Crippen molar-refractivity contribution in [2.45, 2.75) is 4.90 Å². The quantitative estimate of drug-likeness (QED) is 0.845. The van der Waals surface area contributed by atoms with Crippen LogP contribution in [0.4, 0.5) is 10.1 Å². The van der Waals surface area contributed by atoms with Crippen LogP contribution < -0.4 is 5.32 Å². The Hall–Kier alpha value is -1.63. The molecule has 0 saturated heterocycles. The number of hydrogen-bond donors (Lipinski definition) is 1. The minimum Gasteiger partial charge on any atom is -0.319 e. The number of hydrogen-bond acceptors (Lipinski definition) is 3. The zero-order valence-electron chi connectivity index (χ0n) is 11.2. The van der Waals surface area contributed by atoms with Crippen molar-refractivity contribution < 1.29 is 17.6 Å². The molecule has 0 aromatic heterocycles. The lowest BCUT2D eigenvalue weighted by molar-refractivity contribution is 0.102. The first-order valence-electron chi connectivity index (χ1n) is 5.94. The normalized spacial score (nSPS) is 11.3. The molecule has 0 aliphatic heterocycles. The molecule has 4 nitrogen and oxygen atoms in total. The highest BCUT2D eigenvalue weighted by Crippen LogP contribution is 2.24. The Morgan fingerprint density at radius 2 is 1.77 bits per heavy atom. The molecule has 0 fully saturated rings. The Morgan fingerprint density at radius 1 is 1.09 bits per heavy atom. The lowest BCUT2D eigenvalue weighted by Gasteiger charge is -2.09. The van der Waals surface area contributed by atoms with Gasteiger partial charge in [0.15, 0.2) is 9.84 Å². The van der Waals surface area contributed by atoms with Gasteiger partial charge >= 0.3 is 0 Å². The summed E-state index contributed by atoms with van der Waals surface area (Å²) in [6.45, 7) is 0. The van der Waals surface area contributed by atoms with E-state index in [0.29, 0.717) is 0 Å². The fourth-order valence-corrected chi connectivity index (χ4v) is 2.61. The largest absolute Gasteiger partial charge is 0.319 e. The van der Waals surface area contributed by atoms with Gasteiger partial charge in [0.2, 0.25) is 0 Å². The third-order valence-electron chi connectivity index (χ3n) is 2.80. The van der Waals surface area contributed by atoms with E-state index in [4.69, 9.17) is 23.2 Å². The van der Waals surface area contributed by atoms with Gasteiger partial charge in [0.25, 0.3) is 5.91 Å². The van der Waals surface area contributed by atoms with Gasteiger partial charge in [-0.2, -0.15) is 0 Å². The van der Waals surface area contributed by atoms with E-state index in [0.717, 1.165) is 24.5 Å². The maximum atomic E-state index is 13.7. The van der Waals surface area contributed by atoms with Crippen molar-refractivity contribution in [3.63, 3.8) is 0 Å². The summed E-state index contributed by atoms with van der Waals surface area (Å²) in [6.07, 6.45) is 0.991. The SMILES string of the molecule is CS(=O)(=O)c1ccc(F)c(NC(=O)c2ccc(Cl)c(Cl)c2)c1. The van der Waals surface area contributed by atoms with Gasteiger partial charge in [0.05, 0.1) is 20.6 Å². The van der Waals surface area contributed by atoms with Crippen LogP contribution in [-0.2, 0) is 9.84 Å². The lowest BCUT2D eigenvalue weighted by atomic mass is 10.2. The minimum absolute atomic E-state index is 0.0988. The third-order valence-corrected chi connectivity index (χ3v) is 4.65. The number of benzene rings is 2. The predicted molar refractivity (Wildman–Crippen MR) is 83.9 cm³/mol. The Kier molecular flexibility index (Phi) is 4.75. The van der Waals surface area contributed by atoms with Crippen LogP contribution in [0, 0.1) is 5.82 Å². The fourth-order valence-electron chi connectivity index (χ4n) is 1.66. The van der Waals surface area contributed by atoms with Crippen LogP contribution in [0.5, 0.6) is 0 Å². The van der Waals surface area contributed by atoms with Gasteiger partial charge in [-0.05, 0) is 36.4 Å². The van der Waals surface area contributed by atoms with E-state index in [1.807, 2.05) is 0 Å². The van der Waals surface area contributed by atoms with Crippen molar-refractivity contribution >= 4 is 44.6 Å². The molecular weight excluding hydrogens is 352 g/mol. The molecule has 0 saturated carbocycles. The average Bonchev–Trinajstić information content (AvgIpc) is 2.43. The maximum Gasteiger partial charge on any atom is 0.255 e. The number of carbonyl (C=O) groups excluding carboxylic acids is 1. The maximum absolute atomic E-state index is 13.7. The van der Waals surface area contributed by atoms with Crippen molar-refractivity contribution in [3.05, 3.63) is 57.8 Å². The zero-order chi connectivity index (χ0) is 16.5.